The second-order valence-corrected chi connectivity index (χ2v) is 12.5. The first kappa shape index (κ1) is 38.7. The quantitative estimate of drug-likeness (QED) is 0.143. The van der Waals surface area contributed by atoms with Gasteiger partial charge in [0.15, 0.2) is 5.60 Å². The van der Waals surface area contributed by atoms with Gasteiger partial charge in [0.05, 0.1) is 26.1 Å². The molecule has 0 saturated carbocycles. The number of benzene rings is 3. The molecule has 11 heteroatoms. The molecule has 0 aliphatic heterocycles. The summed E-state index contributed by atoms with van der Waals surface area (Å²) in [5, 5.41) is 33.8. The number of aryl methyl sites for hydroxylation is 1. The second kappa shape index (κ2) is 18.7. The van der Waals surface area contributed by atoms with Crippen LogP contribution >= 0.6 is 0 Å². The van der Waals surface area contributed by atoms with Crippen LogP contribution in [0.1, 0.15) is 54.4 Å². The number of aliphatic hydroxyl groups is 1. The molecule has 0 saturated heterocycles. The zero-order valence-electron chi connectivity index (χ0n) is 28.7. The molecule has 3 aromatic carbocycles. The maximum Gasteiger partial charge on any atom is 0.336 e. The lowest BCUT2D eigenvalue weighted by molar-refractivity contribution is -0.170. The van der Waals surface area contributed by atoms with Crippen LogP contribution < -0.4 is 9.47 Å². The number of carboxylic acid groups (broad SMARTS) is 3. The number of rotatable bonds is 17. The maximum absolute atomic E-state index is 10.3. The molecule has 4 N–H and O–H groups in total. The van der Waals surface area contributed by atoms with Gasteiger partial charge >= 0.3 is 17.9 Å². The lowest BCUT2D eigenvalue weighted by atomic mass is 9.90. The minimum Gasteiger partial charge on any atom is -0.494 e. The first-order valence-electron chi connectivity index (χ1n) is 16.3. The predicted octanol–water partition coefficient (Wildman–Crippen LogP) is 5.00. The van der Waals surface area contributed by atoms with Gasteiger partial charge in [-0.2, -0.15) is 0 Å². The average molecular weight is 677 g/mol. The highest BCUT2D eigenvalue weighted by molar-refractivity contribution is 6.00. The van der Waals surface area contributed by atoms with E-state index in [0.29, 0.717) is 0 Å². The summed E-state index contributed by atoms with van der Waals surface area (Å²) < 4.78 is 12.0. The number of carboxylic acids is 3. The monoisotopic (exact) mass is 676 g/mol. The van der Waals surface area contributed by atoms with Crippen molar-refractivity contribution in [1.29, 1.82) is 0 Å². The SMILES string of the molecule is CN(C)CCCOc1ccc(C(=C2CCc3ccccc32)c2ccc(OCCCN(C)C)cc2)cc1.O=C(O)CC(O)(CC(=O)O)C(=O)O. The van der Waals surface area contributed by atoms with Crippen molar-refractivity contribution in [2.24, 2.45) is 0 Å². The van der Waals surface area contributed by atoms with E-state index in [4.69, 9.17) is 29.9 Å². The van der Waals surface area contributed by atoms with Gasteiger partial charge in [0.1, 0.15) is 11.5 Å². The molecular weight excluding hydrogens is 628 g/mol. The fourth-order valence-electron chi connectivity index (χ4n) is 5.49. The summed E-state index contributed by atoms with van der Waals surface area (Å²) in [4.78, 5) is 34.9. The minimum absolute atomic E-state index is 0.731. The molecule has 0 heterocycles. The van der Waals surface area contributed by atoms with Gasteiger partial charge in [0, 0.05) is 13.1 Å². The highest BCUT2D eigenvalue weighted by Crippen LogP contribution is 2.41. The molecule has 1 aliphatic carbocycles. The zero-order valence-corrected chi connectivity index (χ0v) is 28.7. The van der Waals surface area contributed by atoms with Crippen LogP contribution in [0.5, 0.6) is 11.5 Å². The largest absolute Gasteiger partial charge is 0.494 e. The van der Waals surface area contributed by atoms with Gasteiger partial charge in [-0.1, -0.05) is 48.5 Å². The highest BCUT2D eigenvalue weighted by atomic mass is 16.5. The molecule has 0 bridgehead atoms. The summed E-state index contributed by atoms with van der Waals surface area (Å²) >= 11 is 0. The van der Waals surface area contributed by atoms with E-state index in [1.54, 1.807) is 0 Å². The van der Waals surface area contributed by atoms with E-state index in [2.05, 4.69) is 111 Å². The normalized spacial score (nSPS) is 12.3. The van der Waals surface area contributed by atoms with Crippen LogP contribution in [0, 0.1) is 0 Å². The van der Waals surface area contributed by atoms with Crippen molar-refractivity contribution >= 4 is 29.1 Å². The number of aliphatic carboxylic acids is 3. The van der Waals surface area contributed by atoms with Crippen LogP contribution in [0.4, 0.5) is 0 Å². The summed E-state index contributed by atoms with van der Waals surface area (Å²) in [6, 6.07) is 26.1. The van der Waals surface area contributed by atoms with E-state index >= 15 is 0 Å². The molecule has 0 radical (unpaired) electrons. The Labute approximate surface area is 288 Å². The minimum atomic E-state index is -2.74. The molecule has 264 valence electrons. The van der Waals surface area contributed by atoms with Gasteiger partial charge in [-0.25, -0.2) is 4.79 Å². The van der Waals surface area contributed by atoms with Gasteiger partial charge < -0.3 is 39.7 Å². The fourth-order valence-corrected chi connectivity index (χ4v) is 5.49. The third-order valence-corrected chi connectivity index (χ3v) is 7.90. The Kier molecular flexibility index (Phi) is 14.8. The van der Waals surface area contributed by atoms with Gasteiger partial charge in [-0.05, 0) is 112 Å². The van der Waals surface area contributed by atoms with Crippen molar-refractivity contribution in [1.82, 2.24) is 9.80 Å². The molecule has 0 spiro atoms. The number of ether oxygens (including phenoxy) is 2. The van der Waals surface area contributed by atoms with E-state index in [-0.39, 0.29) is 0 Å². The van der Waals surface area contributed by atoms with Crippen LogP contribution in [-0.4, -0.2) is 108 Å². The lowest BCUT2D eigenvalue weighted by Gasteiger charge is -2.18. The molecule has 4 rings (SSSR count). The summed E-state index contributed by atoms with van der Waals surface area (Å²) in [6.07, 6.45) is 1.90. The van der Waals surface area contributed by atoms with Gasteiger partial charge in [-0.3, -0.25) is 9.59 Å². The molecule has 0 aromatic heterocycles. The third-order valence-electron chi connectivity index (χ3n) is 7.90. The summed E-state index contributed by atoms with van der Waals surface area (Å²) in [7, 11) is 8.37. The van der Waals surface area contributed by atoms with Crippen LogP contribution in [0.25, 0.3) is 11.1 Å². The number of hydrogen-bond acceptors (Lipinski definition) is 8. The van der Waals surface area contributed by atoms with Crippen molar-refractivity contribution in [3.63, 3.8) is 0 Å². The van der Waals surface area contributed by atoms with Crippen LogP contribution in [0.3, 0.4) is 0 Å². The smallest absolute Gasteiger partial charge is 0.336 e. The Balaban J connectivity index is 0.000000425. The molecule has 1 aliphatic rings. The molecule has 49 heavy (non-hydrogen) atoms. The van der Waals surface area contributed by atoms with Crippen LogP contribution in [0.15, 0.2) is 72.8 Å². The number of allylic oxidation sites excluding steroid dienone is 1. The number of nitrogens with zero attached hydrogens (tertiary/aromatic N) is 2. The number of carbonyl (C=O) groups is 3. The van der Waals surface area contributed by atoms with Crippen LogP contribution in [0.2, 0.25) is 0 Å². The number of hydrogen-bond donors (Lipinski definition) is 4. The average Bonchev–Trinajstić information content (AvgIpc) is 3.46. The summed E-state index contributed by atoms with van der Waals surface area (Å²) in [6.45, 7) is 3.52. The topological polar surface area (TPSA) is 157 Å². The molecule has 0 unspecified atom stereocenters. The molecule has 0 fully saturated rings. The first-order chi connectivity index (χ1) is 23.3. The van der Waals surface area contributed by atoms with E-state index in [1.165, 1.54) is 33.4 Å². The highest BCUT2D eigenvalue weighted by Gasteiger charge is 2.40. The predicted molar refractivity (Wildman–Crippen MR) is 188 cm³/mol. The van der Waals surface area contributed by atoms with Crippen molar-refractivity contribution in [2.45, 2.75) is 44.1 Å². The standard InChI is InChI=1S/C32H40N2O2.C6H8O7/c1-33(2)21-7-23-35-28-16-11-26(12-17-28)32(31-20-15-25-9-5-6-10-30(25)31)27-13-18-29(19-14-27)36-24-8-22-34(3)4;7-3(8)1-6(13,5(11)12)2-4(9)10/h5-6,9-14,16-19H,7-8,15,20-24H2,1-4H3;13H,1-2H2,(H,7,8)(H,9,10)(H,11,12). The molecule has 0 amide bonds. The van der Waals surface area contributed by atoms with E-state index in [0.717, 1.165) is 63.5 Å². The third kappa shape index (κ3) is 12.4. The summed E-state index contributed by atoms with van der Waals surface area (Å²) in [5.74, 6) is -3.17. The Morgan fingerprint density at radius 2 is 1.12 bits per heavy atom. The Morgan fingerprint density at radius 3 is 1.53 bits per heavy atom. The maximum atomic E-state index is 10.3. The van der Waals surface area contributed by atoms with Crippen molar-refractivity contribution in [2.75, 3.05) is 54.5 Å². The Bertz CT molecular complexity index is 1490. The molecule has 3 aromatic rings. The zero-order chi connectivity index (χ0) is 36.0. The fraction of sp³-hybridized carbons (Fsp3) is 0.395. The van der Waals surface area contributed by atoms with E-state index in [1.807, 2.05) is 0 Å². The Morgan fingerprint density at radius 1 is 0.673 bits per heavy atom. The van der Waals surface area contributed by atoms with Crippen LogP contribution in [-0.2, 0) is 20.8 Å². The van der Waals surface area contributed by atoms with Gasteiger partial charge in [-0.15, -0.1) is 0 Å². The second-order valence-electron chi connectivity index (χ2n) is 12.5. The van der Waals surface area contributed by atoms with Gasteiger partial charge in [0.2, 0.25) is 0 Å². The molecule has 11 nitrogen and oxygen atoms in total. The Hall–Kier alpha value is -4.71. The van der Waals surface area contributed by atoms with Crippen molar-refractivity contribution in [3.05, 3.63) is 95.1 Å². The van der Waals surface area contributed by atoms with Crippen molar-refractivity contribution < 1.29 is 44.3 Å². The molecular formula is C38H48N2O9. The first-order valence-corrected chi connectivity index (χ1v) is 16.3. The van der Waals surface area contributed by atoms with E-state index < -0.39 is 36.4 Å². The molecule has 0 atom stereocenters. The summed E-state index contributed by atoms with van der Waals surface area (Å²) in [5.41, 5.74) is 5.25. The van der Waals surface area contributed by atoms with Gasteiger partial charge in [0.25, 0.3) is 0 Å². The van der Waals surface area contributed by atoms with Crippen molar-refractivity contribution in [3.8, 4) is 11.5 Å². The van der Waals surface area contributed by atoms with E-state index in [9.17, 15) is 14.4 Å². The number of fused-ring (bicyclic) bond motifs is 1. The lowest BCUT2D eigenvalue weighted by Crippen LogP contribution is -2.42.